The molecule has 0 aromatic heterocycles. The molecule has 0 saturated heterocycles. The summed E-state index contributed by atoms with van der Waals surface area (Å²) in [4.78, 5) is 33.1. The fourth-order valence-electron chi connectivity index (χ4n) is 1.59. The molecule has 0 saturated carbocycles. The second kappa shape index (κ2) is 7.93. The molecule has 1 aromatic rings. The van der Waals surface area contributed by atoms with Gasteiger partial charge in [0.05, 0.1) is 0 Å². The van der Waals surface area contributed by atoms with Gasteiger partial charge in [-0.05, 0) is 31.9 Å². The van der Waals surface area contributed by atoms with Crippen molar-refractivity contribution in [2.24, 2.45) is 0 Å². The van der Waals surface area contributed by atoms with E-state index in [1.54, 1.807) is 24.3 Å². The van der Waals surface area contributed by atoms with E-state index >= 15 is 0 Å². The molecular formula is C14H18N2O4. The van der Waals surface area contributed by atoms with Crippen LogP contribution in [0.25, 0.3) is 0 Å². The first kappa shape index (κ1) is 15.7. The van der Waals surface area contributed by atoms with Gasteiger partial charge in [-0.2, -0.15) is 0 Å². The lowest BCUT2D eigenvalue weighted by Crippen LogP contribution is -2.29. The number of carbonyl (C=O) groups is 3. The number of rotatable bonds is 7. The van der Waals surface area contributed by atoms with Gasteiger partial charge in [0.25, 0.3) is 0 Å². The number of aliphatic carboxylic acids is 1. The number of carboxylic acids is 1. The average molecular weight is 278 g/mol. The van der Waals surface area contributed by atoms with Crippen LogP contribution in [0.15, 0.2) is 24.3 Å². The number of Topliss-reactive ketones (excluding diaryl/α,β-unsaturated/α-hetero) is 1. The van der Waals surface area contributed by atoms with Crippen LogP contribution in [-0.2, 0) is 4.79 Å². The van der Waals surface area contributed by atoms with E-state index in [1.807, 2.05) is 0 Å². The van der Waals surface area contributed by atoms with Crippen LogP contribution in [0.3, 0.4) is 0 Å². The minimum absolute atomic E-state index is 0.0669. The van der Waals surface area contributed by atoms with E-state index in [1.165, 1.54) is 6.92 Å². The van der Waals surface area contributed by atoms with E-state index in [2.05, 4.69) is 10.6 Å². The van der Waals surface area contributed by atoms with Crippen LogP contribution in [0.4, 0.5) is 10.5 Å². The molecule has 6 heteroatoms. The van der Waals surface area contributed by atoms with Gasteiger partial charge < -0.3 is 15.7 Å². The molecule has 0 bridgehead atoms. The molecule has 6 nitrogen and oxygen atoms in total. The fraction of sp³-hybridized carbons (Fsp3) is 0.357. The third kappa shape index (κ3) is 5.99. The van der Waals surface area contributed by atoms with Crippen LogP contribution >= 0.6 is 0 Å². The molecule has 108 valence electrons. The van der Waals surface area contributed by atoms with Crippen molar-refractivity contribution in [1.82, 2.24) is 5.32 Å². The first-order chi connectivity index (χ1) is 9.49. The summed E-state index contributed by atoms with van der Waals surface area (Å²) in [5.74, 6) is -0.904. The van der Waals surface area contributed by atoms with Crippen molar-refractivity contribution < 1.29 is 19.5 Å². The summed E-state index contributed by atoms with van der Waals surface area (Å²) in [5.41, 5.74) is 1.07. The van der Waals surface area contributed by atoms with Crippen LogP contribution in [0.1, 0.15) is 36.5 Å². The van der Waals surface area contributed by atoms with Gasteiger partial charge in [-0.1, -0.05) is 12.1 Å². The summed E-state index contributed by atoms with van der Waals surface area (Å²) in [6, 6.07) is 6.29. The minimum Gasteiger partial charge on any atom is -0.481 e. The SMILES string of the molecule is CC(=O)c1cccc(NC(=O)NCCCCC(=O)O)c1. The maximum absolute atomic E-state index is 11.6. The number of benzene rings is 1. The van der Waals surface area contributed by atoms with Gasteiger partial charge >= 0.3 is 12.0 Å². The predicted octanol–water partition coefficient (Wildman–Crippen LogP) is 2.27. The number of amides is 2. The van der Waals surface area contributed by atoms with Gasteiger partial charge in [-0.15, -0.1) is 0 Å². The number of carboxylic acid groups (broad SMARTS) is 1. The van der Waals surface area contributed by atoms with Gasteiger partial charge in [0.15, 0.2) is 5.78 Å². The summed E-state index contributed by atoms with van der Waals surface area (Å²) in [7, 11) is 0. The molecule has 0 fully saturated rings. The van der Waals surface area contributed by atoms with E-state index in [0.29, 0.717) is 30.6 Å². The Kier molecular flexibility index (Phi) is 6.22. The van der Waals surface area contributed by atoms with Crippen molar-refractivity contribution in [3.8, 4) is 0 Å². The van der Waals surface area contributed by atoms with E-state index in [-0.39, 0.29) is 18.2 Å². The Morgan fingerprint density at radius 1 is 1.20 bits per heavy atom. The zero-order chi connectivity index (χ0) is 15.0. The molecule has 0 aliphatic heterocycles. The van der Waals surface area contributed by atoms with E-state index in [0.717, 1.165) is 0 Å². The second-order valence-electron chi connectivity index (χ2n) is 4.37. The van der Waals surface area contributed by atoms with Crippen molar-refractivity contribution in [3.63, 3.8) is 0 Å². The van der Waals surface area contributed by atoms with Gasteiger partial charge in [0, 0.05) is 24.2 Å². The standard InChI is InChI=1S/C14H18N2O4/c1-10(17)11-5-4-6-12(9-11)16-14(20)15-8-3-2-7-13(18)19/h4-6,9H,2-3,7-8H2,1H3,(H,18,19)(H2,15,16,20). The Balaban J connectivity index is 2.33. The minimum atomic E-state index is -0.838. The number of nitrogens with one attached hydrogen (secondary N) is 2. The van der Waals surface area contributed by atoms with Crippen LogP contribution in [0.2, 0.25) is 0 Å². The Hall–Kier alpha value is -2.37. The summed E-state index contributed by atoms with van der Waals surface area (Å²) in [5, 5.41) is 13.7. The van der Waals surface area contributed by atoms with Crippen LogP contribution in [0.5, 0.6) is 0 Å². The molecular weight excluding hydrogens is 260 g/mol. The summed E-state index contributed by atoms with van der Waals surface area (Å²) in [6.45, 7) is 1.87. The molecule has 3 N–H and O–H groups in total. The highest BCUT2D eigenvalue weighted by atomic mass is 16.4. The second-order valence-corrected chi connectivity index (χ2v) is 4.37. The molecule has 0 aliphatic rings. The van der Waals surface area contributed by atoms with Crippen molar-refractivity contribution in [1.29, 1.82) is 0 Å². The van der Waals surface area contributed by atoms with Gasteiger partial charge in [0.1, 0.15) is 0 Å². The maximum atomic E-state index is 11.6. The summed E-state index contributed by atoms with van der Waals surface area (Å²) in [6.07, 6.45) is 1.23. The third-order valence-electron chi connectivity index (χ3n) is 2.63. The lowest BCUT2D eigenvalue weighted by molar-refractivity contribution is -0.137. The van der Waals surface area contributed by atoms with Gasteiger partial charge in [0.2, 0.25) is 0 Å². The largest absolute Gasteiger partial charge is 0.481 e. The molecule has 0 unspecified atom stereocenters. The highest BCUT2D eigenvalue weighted by molar-refractivity contribution is 5.96. The topological polar surface area (TPSA) is 95.5 Å². The third-order valence-corrected chi connectivity index (χ3v) is 2.63. The number of ketones is 1. The zero-order valence-corrected chi connectivity index (χ0v) is 11.3. The summed E-state index contributed by atoms with van der Waals surface area (Å²) >= 11 is 0. The van der Waals surface area contributed by atoms with Crippen LogP contribution < -0.4 is 10.6 Å². The molecule has 0 spiro atoms. The number of hydrogen-bond acceptors (Lipinski definition) is 3. The number of unbranched alkanes of at least 4 members (excludes halogenated alkanes) is 1. The molecule has 2 amide bonds. The van der Waals surface area contributed by atoms with E-state index in [4.69, 9.17) is 5.11 Å². The zero-order valence-electron chi connectivity index (χ0n) is 11.3. The number of urea groups is 1. The monoisotopic (exact) mass is 278 g/mol. The van der Waals surface area contributed by atoms with E-state index < -0.39 is 5.97 Å². The lowest BCUT2D eigenvalue weighted by Gasteiger charge is -2.08. The highest BCUT2D eigenvalue weighted by Crippen LogP contribution is 2.10. The molecule has 1 aromatic carbocycles. The van der Waals surface area contributed by atoms with Crippen LogP contribution in [0, 0.1) is 0 Å². The molecule has 0 heterocycles. The first-order valence-electron chi connectivity index (χ1n) is 6.36. The Morgan fingerprint density at radius 3 is 2.60 bits per heavy atom. The first-order valence-corrected chi connectivity index (χ1v) is 6.36. The van der Waals surface area contributed by atoms with Crippen molar-refractivity contribution in [2.45, 2.75) is 26.2 Å². The number of carbonyl (C=O) groups excluding carboxylic acids is 2. The van der Waals surface area contributed by atoms with Crippen molar-refractivity contribution >= 4 is 23.5 Å². The number of anilines is 1. The summed E-state index contributed by atoms with van der Waals surface area (Å²) < 4.78 is 0. The molecule has 20 heavy (non-hydrogen) atoms. The Morgan fingerprint density at radius 2 is 1.95 bits per heavy atom. The maximum Gasteiger partial charge on any atom is 0.319 e. The van der Waals surface area contributed by atoms with Crippen molar-refractivity contribution in [3.05, 3.63) is 29.8 Å². The lowest BCUT2D eigenvalue weighted by atomic mass is 10.1. The average Bonchev–Trinajstić information content (AvgIpc) is 2.38. The normalized spacial score (nSPS) is 9.85. The Labute approximate surface area is 117 Å². The Bertz CT molecular complexity index is 500. The number of hydrogen-bond donors (Lipinski definition) is 3. The van der Waals surface area contributed by atoms with E-state index in [9.17, 15) is 14.4 Å². The van der Waals surface area contributed by atoms with Gasteiger partial charge in [-0.3, -0.25) is 9.59 Å². The molecule has 1 rings (SSSR count). The highest BCUT2D eigenvalue weighted by Gasteiger charge is 2.04. The fourth-order valence-corrected chi connectivity index (χ4v) is 1.59. The molecule has 0 aliphatic carbocycles. The molecule has 0 atom stereocenters. The predicted molar refractivity (Wildman–Crippen MR) is 75.0 cm³/mol. The quantitative estimate of drug-likeness (QED) is 0.526. The van der Waals surface area contributed by atoms with Crippen molar-refractivity contribution in [2.75, 3.05) is 11.9 Å². The van der Waals surface area contributed by atoms with Crippen LogP contribution in [-0.4, -0.2) is 29.4 Å². The smallest absolute Gasteiger partial charge is 0.319 e. The van der Waals surface area contributed by atoms with Gasteiger partial charge in [-0.25, -0.2) is 4.79 Å². The molecule has 0 radical (unpaired) electrons.